The molecule has 34 heavy (non-hydrogen) atoms. The van der Waals surface area contributed by atoms with Crippen LogP contribution in [0.5, 0.6) is 0 Å². The summed E-state index contributed by atoms with van der Waals surface area (Å²) in [6, 6.07) is 17.1. The molecule has 170 valence electrons. The summed E-state index contributed by atoms with van der Waals surface area (Å²) >= 11 is 0. The minimum absolute atomic E-state index is 0.334. The smallest absolute Gasteiger partial charge is 0.163 e. The third-order valence-electron chi connectivity index (χ3n) is 8.32. The Morgan fingerprint density at radius 2 is 2.00 bits per heavy atom. The largest absolute Gasteiger partial charge is 0.368 e. The third-order valence-corrected chi connectivity index (χ3v) is 8.32. The summed E-state index contributed by atoms with van der Waals surface area (Å²) in [5.74, 6) is 1.15. The van der Waals surface area contributed by atoms with Crippen molar-refractivity contribution in [3.8, 4) is 6.07 Å². The molecule has 0 aliphatic carbocycles. The highest BCUT2D eigenvalue weighted by Crippen LogP contribution is 2.41. The zero-order valence-corrected chi connectivity index (χ0v) is 19.7. The van der Waals surface area contributed by atoms with E-state index in [4.69, 9.17) is 9.97 Å². The highest BCUT2D eigenvalue weighted by molar-refractivity contribution is 6.31. The SMILES string of the molecule is Bc1ccc2c(N3C[C@@H](C)N4Cc5nc(N6C[C@@H]7C[C@H]6CN7)ccc5[C@H]4C3)ccc(C#N)c2n1. The highest BCUT2D eigenvalue weighted by atomic mass is 15.3. The molecule has 0 unspecified atom stereocenters. The fourth-order valence-corrected chi connectivity index (χ4v) is 6.63. The van der Waals surface area contributed by atoms with Crippen LogP contribution in [0.1, 0.15) is 36.2 Å². The molecule has 0 amide bonds. The maximum absolute atomic E-state index is 9.61. The number of nitrogens with one attached hydrogen (secondary N) is 1. The Labute approximate surface area is 200 Å². The number of hydrogen-bond donors (Lipinski definition) is 1. The third kappa shape index (κ3) is 2.97. The van der Waals surface area contributed by atoms with E-state index in [2.05, 4.69) is 57.3 Å². The van der Waals surface area contributed by atoms with E-state index in [1.807, 2.05) is 20.0 Å². The van der Waals surface area contributed by atoms with Crippen molar-refractivity contribution in [2.24, 2.45) is 0 Å². The monoisotopic (exact) mass is 449 g/mol. The van der Waals surface area contributed by atoms with Gasteiger partial charge in [0.1, 0.15) is 11.9 Å². The first-order chi connectivity index (χ1) is 16.6. The molecule has 1 aromatic carbocycles. The fraction of sp³-hybridized carbons (Fsp3) is 0.423. The highest BCUT2D eigenvalue weighted by Gasteiger charge is 2.42. The summed E-state index contributed by atoms with van der Waals surface area (Å²) in [5.41, 5.74) is 6.17. The van der Waals surface area contributed by atoms with Gasteiger partial charge < -0.3 is 15.1 Å². The topological polar surface area (TPSA) is 71.3 Å². The van der Waals surface area contributed by atoms with Gasteiger partial charge in [-0.1, -0.05) is 12.1 Å². The van der Waals surface area contributed by atoms with Crippen molar-refractivity contribution in [3.05, 3.63) is 53.2 Å². The second kappa shape index (κ2) is 7.43. The molecule has 3 saturated heterocycles. The van der Waals surface area contributed by atoms with Gasteiger partial charge in [0.25, 0.3) is 0 Å². The van der Waals surface area contributed by atoms with E-state index < -0.39 is 0 Å². The Kier molecular flexibility index (Phi) is 4.42. The molecule has 3 aromatic rings. The number of aromatic nitrogens is 2. The summed E-state index contributed by atoms with van der Waals surface area (Å²) in [4.78, 5) is 17.5. The lowest BCUT2D eigenvalue weighted by atomic mass is 9.98. The molecule has 6 heterocycles. The van der Waals surface area contributed by atoms with Crippen LogP contribution < -0.4 is 20.7 Å². The molecule has 8 heteroatoms. The summed E-state index contributed by atoms with van der Waals surface area (Å²) in [6.07, 6.45) is 1.24. The van der Waals surface area contributed by atoms with E-state index >= 15 is 0 Å². The lowest BCUT2D eigenvalue weighted by Gasteiger charge is -2.43. The molecule has 4 aliphatic rings. The van der Waals surface area contributed by atoms with Crippen LogP contribution in [-0.2, 0) is 6.54 Å². The molecule has 2 aromatic heterocycles. The molecule has 0 saturated carbocycles. The number of nitriles is 1. The van der Waals surface area contributed by atoms with Crippen molar-refractivity contribution in [2.45, 2.75) is 44.1 Å². The van der Waals surface area contributed by atoms with Crippen LogP contribution in [0.3, 0.4) is 0 Å². The predicted molar refractivity (Wildman–Crippen MR) is 136 cm³/mol. The van der Waals surface area contributed by atoms with Gasteiger partial charge in [0, 0.05) is 61.9 Å². The van der Waals surface area contributed by atoms with Crippen LogP contribution in [0.2, 0.25) is 0 Å². The molecule has 4 aliphatic heterocycles. The van der Waals surface area contributed by atoms with E-state index in [9.17, 15) is 5.26 Å². The number of anilines is 2. The number of piperazine rings is 2. The van der Waals surface area contributed by atoms with Crippen molar-refractivity contribution in [3.63, 3.8) is 0 Å². The summed E-state index contributed by atoms with van der Waals surface area (Å²) in [5, 5.41) is 14.3. The number of hydrogen-bond acceptors (Lipinski definition) is 7. The minimum atomic E-state index is 0.334. The molecular formula is C26H28BN7. The average molecular weight is 449 g/mol. The Balaban J connectivity index is 1.22. The van der Waals surface area contributed by atoms with Gasteiger partial charge in [-0.25, -0.2) is 4.98 Å². The Morgan fingerprint density at radius 1 is 1.09 bits per heavy atom. The summed E-state index contributed by atoms with van der Waals surface area (Å²) in [7, 11) is 1.98. The maximum Gasteiger partial charge on any atom is 0.163 e. The zero-order chi connectivity index (χ0) is 23.0. The van der Waals surface area contributed by atoms with E-state index in [-0.39, 0.29) is 0 Å². The van der Waals surface area contributed by atoms with Crippen molar-refractivity contribution >= 4 is 35.8 Å². The standard InChI is InChI=1S/C26H28BN7/c1-15-11-32(22-5-2-16(9-28)26-20(22)3-6-24(27)31-26)14-23-19-4-7-25(30-21(19)13-33(15)23)34-12-17-8-18(34)10-29-17/h2-7,15,17-18,23,29H,8,10-14,27H2,1H3/t15-,17+,18+,23-/m1/s1. The zero-order valence-electron chi connectivity index (χ0n) is 19.7. The van der Waals surface area contributed by atoms with Crippen LogP contribution in [0, 0.1) is 11.3 Å². The number of fused-ring (bicyclic) bond motifs is 6. The summed E-state index contributed by atoms with van der Waals surface area (Å²) < 4.78 is 0. The van der Waals surface area contributed by atoms with Crippen molar-refractivity contribution in [1.82, 2.24) is 20.2 Å². The first-order valence-corrected chi connectivity index (χ1v) is 12.4. The number of pyridine rings is 2. The van der Waals surface area contributed by atoms with Gasteiger partial charge in [-0.3, -0.25) is 9.88 Å². The lowest BCUT2D eigenvalue weighted by Crippen LogP contribution is -2.51. The van der Waals surface area contributed by atoms with Crippen LogP contribution in [0.15, 0.2) is 36.4 Å². The van der Waals surface area contributed by atoms with Gasteiger partial charge in [-0.15, -0.1) is 0 Å². The van der Waals surface area contributed by atoms with E-state index in [0.29, 0.717) is 29.7 Å². The van der Waals surface area contributed by atoms with Crippen LogP contribution in [0.4, 0.5) is 11.5 Å². The van der Waals surface area contributed by atoms with E-state index in [1.54, 1.807) is 0 Å². The van der Waals surface area contributed by atoms with Crippen molar-refractivity contribution in [1.29, 1.82) is 5.26 Å². The normalized spacial score (nSPS) is 27.8. The molecular weight excluding hydrogens is 421 g/mol. The second-order valence-corrected chi connectivity index (χ2v) is 10.4. The Hall–Kier alpha value is -3.15. The fourth-order valence-electron chi connectivity index (χ4n) is 6.63. The number of nitrogens with zero attached hydrogens (tertiary/aromatic N) is 6. The van der Waals surface area contributed by atoms with Gasteiger partial charge in [-0.05, 0) is 48.8 Å². The van der Waals surface area contributed by atoms with Crippen LogP contribution in [-0.4, -0.2) is 67.0 Å². The molecule has 0 spiro atoms. The lowest BCUT2D eigenvalue weighted by molar-refractivity contribution is 0.133. The predicted octanol–water partition coefficient (Wildman–Crippen LogP) is 1.08. The minimum Gasteiger partial charge on any atom is -0.368 e. The molecule has 1 N–H and O–H groups in total. The Bertz CT molecular complexity index is 1350. The van der Waals surface area contributed by atoms with Gasteiger partial charge >= 0.3 is 0 Å². The quantitative estimate of drug-likeness (QED) is 0.587. The first kappa shape index (κ1) is 20.2. The number of rotatable bonds is 2. The molecule has 2 bridgehead atoms. The van der Waals surface area contributed by atoms with Crippen LogP contribution >= 0.6 is 0 Å². The maximum atomic E-state index is 9.61. The number of benzene rings is 1. The molecule has 3 fully saturated rings. The second-order valence-electron chi connectivity index (χ2n) is 10.4. The van der Waals surface area contributed by atoms with Gasteiger partial charge in [0.15, 0.2) is 7.85 Å². The summed E-state index contributed by atoms with van der Waals surface area (Å²) in [6.45, 7) is 7.28. The molecule has 7 nitrogen and oxygen atoms in total. The van der Waals surface area contributed by atoms with Gasteiger partial charge in [0.2, 0.25) is 0 Å². The van der Waals surface area contributed by atoms with Crippen molar-refractivity contribution in [2.75, 3.05) is 36.0 Å². The molecule has 4 atom stereocenters. The average Bonchev–Trinajstić information content (AvgIpc) is 3.57. The first-order valence-electron chi connectivity index (χ1n) is 12.4. The Morgan fingerprint density at radius 3 is 2.79 bits per heavy atom. The molecule has 0 radical (unpaired) electrons. The van der Waals surface area contributed by atoms with Gasteiger partial charge in [-0.2, -0.15) is 5.26 Å². The van der Waals surface area contributed by atoms with E-state index in [0.717, 1.165) is 55.0 Å². The molecule has 7 rings (SSSR count). The van der Waals surface area contributed by atoms with Crippen molar-refractivity contribution < 1.29 is 0 Å². The van der Waals surface area contributed by atoms with Gasteiger partial charge in [0.05, 0.1) is 22.8 Å². The van der Waals surface area contributed by atoms with E-state index in [1.165, 1.54) is 23.4 Å². The van der Waals surface area contributed by atoms with Crippen LogP contribution in [0.25, 0.3) is 10.9 Å².